The molecule has 0 spiro atoms. The van der Waals surface area contributed by atoms with Gasteiger partial charge >= 0.3 is 0 Å². The van der Waals surface area contributed by atoms with Gasteiger partial charge in [0.05, 0.1) is 10.7 Å². The number of aryl methyl sites for hydroxylation is 2. The van der Waals surface area contributed by atoms with E-state index in [4.69, 9.17) is 0 Å². The highest BCUT2D eigenvalue weighted by Crippen LogP contribution is 2.24. The molecule has 0 saturated heterocycles. The molecule has 0 aromatic carbocycles. The van der Waals surface area contributed by atoms with Gasteiger partial charge in [0, 0.05) is 22.7 Å². The average molecular weight is 244 g/mol. The maximum atomic E-state index is 4.46. The van der Waals surface area contributed by atoms with Crippen molar-refractivity contribution >= 4 is 23.1 Å². The second-order valence-corrected chi connectivity index (χ2v) is 6.07. The maximum absolute atomic E-state index is 4.46. The van der Waals surface area contributed by atoms with Crippen molar-refractivity contribution in [2.45, 2.75) is 39.8 Å². The van der Waals surface area contributed by atoms with Crippen LogP contribution in [0.15, 0.2) is 0 Å². The van der Waals surface area contributed by atoms with Crippen LogP contribution >= 0.6 is 23.1 Å². The SMILES string of the molecule is CSCC(C)NC(C)c1sc(C)nc1C. The van der Waals surface area contributed by atoms with E-state index >= 15 is 0 Å². The smallest absolute Gasteiger partial charge is 0.0900 e. The Labute approximate surface area is 101 Å². The van der Waals surface area contributed by atoms with Crippen LogP contribution < -0.4 is 5.32 Å². The molecule has 0 fully saturated rings. The average Bonchev–Trinajstić information content (AvgIpc) is 2.45. The van der Waals surface area contributed by atoms with Crippen molar-refractivity contribution < 1.29 is 0 Å². The number of thiazole rings is 1. The molecule has 1 heterocycles. The first-order chi connectivity index (χ1) is 7.04. The molecule has 4 heteroatoms. The summed E-state index contributed by atoms with van der Waals surface area (Å²) >= 11 is 3.68. The van der Waals surface area contributed by atoms with E-state index in [1.165, 1.54) is 10.6 Å². The van der Waals surface area contributed by atoms with Crippen LogP contribution in [-0.2, 0) is 0 Å². The van der Waals surface area contributed by atoms with Gasteiger partial charge in [-0.15, -0.1) is 11.3 Å². The number of rotatable bonds is 5. The molecule has 0 aliphatic rings. The Balaban J connectivity index is 2.60. The number of nitrogens with zero attached hydrogens (tertiary/aromatic N) is 1. The minimum atomic E-state index is 0.415. The standard InChI is InChI=1S/C11H20N2S2/c1-7(6-14-5)12-8(2)11-9(3)13-10(4)15-11/h7-8,12H,6H2,1-5H3. The fourth-order valence-electron chi connectivity index (χ4n) is 1.75. The summed E-state index contributed by atoms with van der Waals surface area (Å²) in [5, 5.41) is 4.76. The lowest BCUT2D eigenvalue weighted by Crippen LogP contribution is -2.30. The summed E-state index contributed by atoms with van der Waals surface area (Å²) in [6.07, 6.45) is 2.14. The molecule has 1 aromatic rings. The molecule has 2 atom stereocenters. The largest absolute Gasteiger partial charge is 0.306 e. The first-order valence-electron chi connectivity index (χ1n) is 5.23. The zero-order chi connectivity index (χ0) is 11.4. The van der Waals surface area contributed by atoms with Crippen molar-refractivity contribution in [1.29, 1.82) is 0 Å². The molecule has 2 nitrogen and oxygen atoms in total. The van der Waals surface area contributed by atoms with Crippen LogP contribution in [0.4, 0.5) is 0 Å². The van der Waals surface area contributed by atoms with E-state index in [1.807, 2.05) is 11.8 Å². The van der Waals surface area contributed by atoms with Crippen molar-refractivity contribution in [3.05, 3.63) is 15.6 Å². The van der Waals surface area contributed by atoms with Gasteiger partial charge in [0.25, 0.3) is 0 Å². The summed E-state index contributed by atoms with van der Waals surface area (Å²) in [6.45, 7) is 8.61. The highest BCUT2D eigenvalue weighted by molar-refractivity contribution is 7.98. The van der Waals surface area contributed by atoms with Crippen LogP contribution in [-0.4, -0.2) is 23.0 Å². The highest BCUT2D eigenvalue weighted by Gasteiger charge is 2.14. The molecular weight excluding hydrogens is 224 g/mol. The number of aromatic nitrogens is 1. The Bertz CT molecular complexity index is 310. The summed E-state index contributed by atoms with van der Waals surface area (Å²) in [7, 11) is 0. The molecular formula is C11H20N2S2. The fourth-order valence-corrected chi connectivity index (χ4v) is 3.28. The number of nitrogens with one attached hydrogen (secondary N) is 1. The van der Waals surface area contributed by atoms with Crippen LogP contribution in [0.5, 0.6) is 0 Å². The molecule has 86 valence electrons. The summed E-state index contributed by atoms with van der Waals surface area (Å²) in [5.41, 5.74) is 1.17. The van der Waals surface area contributed by atoms with Gasteiger partial charge in [-0.1, -0.05) is 0 Å². The number of hydrogen-bond donors (Lipinski definition) is 1. The third-order valence-corrected chi connectivity index (χ3v) is 4.37. The van der Waals surface area contributed by atoms with E-state index < -0.39 is 0 Å². The van der Waals surface area contributed by atoms with E-state index in [1.54, 1.807) is 11.3 Å². The molecule has 0 saturated carbocycles. The van der Waals surface area contributed by atoms with Gasteiger partial charge in [-0.25, -0.2) is 4.98 Å². The second-order valence-electron chi connectivity index (χ2n) is 3.93. The first-order valence-corrected chi connectivity index (χ1v) is 7.44. The Morgan fingerprint density at radius 1 is 1.40 bits per heavy atom. The molecule has 0 amide bonds. The van der Waals surface area contributed by atoms with Gasteiger partial charge in [0.2, 0.25) is 0 Å². The number of hydrogen-bond acceptors (Lipinski definition) is 4. The lowest BCUT2D eigenvalue weighted by Gasteiger charge is -2.18. The topological polar surface area (TPSA) is 24.9 Å². The summed E-state index contributed by atoms with van der Waals surface area (Å²) in [6, 6.07) is 0.968. The Morgan fingerprint density at radius 3 is 2.53 bits per heavy atom. The molecule has 2 unspecified atom stereocenters. The quantitative estimate of drug-likeness (QED) is 0.861. The Morgan fingerprint density at radius 2 is 2.07 bits per heavy atom. The zero-order valence-corrected chi connectivity index (χ0v) is 11.8. The van der Waals surface area contributed by atoms with Gasteiger partial charge in [-0.2, -0.15) is 11.8 Å². The van der Waals surface area contributed by atoms with Crippen molar-refractivity contribution in [2.75, 3.05) is 12.0 Å². The van der Waals surface area contributed by atoms with Crippen LogP contribution in [0.25, 0.3) is 0 Å². The molecule has 0 aliphatic heterocycles. The summed E-state index contributed by atoms with van der Waals surface area (Å²) in [5.74, 6) is 1.15. The first kappa shape index (κ1) is 13.0. The van der Waals surface area contributed by atoms with Crippen molar-refractivity contribution in [2.24, 2.45) is 0 Å². The van der Waals surface area contributed by atoms with E-state index in [9.17, 15) is 0 Å². The van der Waals surface area contributed by atoms with E-state index in [-0.39, 0.29) is 0 Å². The van der Waals surface area contributed by atoms with Gasteiger partial charge in [-0.05, 0) is 34.0 Å². The lowest BCUT2D eigenvalue weighted by atomic mass is 10.2. The number of thioether (sulfide) groups is 1. The molecule has 1 N–H and O–H groups in total. The van der Waals surface area contributed by atoms with E-state index in [0.717, 1.165) is 10.8 Å². The van der Waals surface area contributed by atoms with Gasteiger partial charge in [-0.3, -0.25) is 0 Å². The second kappa shape index (κ2) is 5.87. The minimum Gasteiger partial charge on any atom is -0.306 e. The predicted molar refractivity (Wildman–Crippen MR) is 71.0 cm³/mol. The van der Waals surface area contributed by atoms with E-state index in [0.29, 0.717) is 12.1 Å². The van der Waals surface area contributed by atoms with Crippen LogP contribution in [0, 0.1) is 13.8 Å². The van der Waals surface area contributed by atoms with Crippen molar-refractivity contribution in [1.82, 2.24) is 10.3 Å². The fraction of sp³-hybridized carbons (Fsp3) is 0.727. The monoisotopic (exact) mass is 244 g/mol. The summed E-state index contributed by atoms with van der Waals surface area (Å²) in [4.78, 5) is 5.83. The normalized spacial score (nSPS) is 15.3. The molecule has 0 radical (unpaired) electrons. The van der Waals surface area contributed by atoms with Crippen LogP contribution in [0.1, 0.15) is 35.5 Å². The predicted octanol–water partition coefficient (Wildman–Crippen LogP) is 3.16. The van der Waals surface area contributed by atoms with Crippen LogP contribution in [0.3, 0.4) is 0 Å². The van der Waals surface area contributed by atoms with Crippen molar-refractivity contribution in [3.8, 4) is 0 Å². The maximum Gasteiger partial charge on any atom is 0.0900 e. The molecule has 1 rings (SSSR count). The third-order valence-electron chi connectivity index (χ3n) is 2.28. The highest BCUT2D eigenvalue weighted by atomic mass is 32.2. The lowest BCUT2D eigenvalue weighted by molar-refractivity contribution is 0.515. The van der Waals surface area contributed by atoms with Crippen molar-refractivity contribution in [3.63, 3.8) is 0 Å². The zero-order valence-electron chi connectivity index (χ0n) is 10.1. The molecule has 15 heavy (non-hydrogen) atoms. The van der Waals surface area contributed by atoms with E-state index in [2.05, 4.69) is 44.3 Å². The van der Waals surface area contributed by atoms with Crippen LogP contribution in [0.2, 0.25) is 0 Å². The molecule has 0 aliphatic carbocycles. The van der Waals surface area contributed by atoms with Gasteiger partial charge < -0.3 is 5.32 Å². The Kier molecular flexibility index (Phi) is 5.09. The Hall–Kier alpha value is -0.0600. The van der Waals surface area contributed by atoms with Gasteiger partial charge in [0.1, 0.15) is 0 Å². The molecule has 0 bridgehead atoms. The van der Waals surface area contributed by atoms with Gasteiger partial charge in [0.15, 0.2) is 0 Å². The minimum absolute atomic E-state index is 0.415. The third kappa shape index (κ3) is 3.78. The molecule has 1 aromatic heterocycles. The summed E-state index contributed by atoms with van der Waals surface area (Å²) < 4.78 is 0.